The number of anilines is 1. The quantitative estimate of drug-likeness (QED) is 0.312. The smallest absolute Gasteiger partial charge is 0.264 e. The van der Waals surface area contributed by atoms with E-state index in [2.05, 4.69) is 22.6 Å². The summed E-state index contributed by atoms with van der Waals surface area (Å²) in [5, 5.41) is -0.708. The lowest BCUT2D eigenvalue weighted by molar-refractivity contribution is -0.0678. The highest BCUT2D eigenvalue weighted by Crippen LogP contribution is 2.50. The number of carbonyl (C=O) groups is 1. The van der Waals surface area contributed by atoms with Gasteiger partial charge in [-0.2, -0.15) is 0 Å². The van der Waals surface area contributed by atoms with Crippen LogP contribution in [0.1, 0.15) is 82.5 Å². The topological polar surface area (TPSA) is 88.2 Å². The Morgan fingerprint density at radius 1 is 1.11 bits per heavy atom. The fraction of sp³-hybridized carbons (Fsp3) is 0.675. The van der Waals surface area contributed by atoms with Crippen molar-refractivity contribution in [1.82, 2.24) is 9.62 Å². The number of carbonyl (C=O) groups excluding carboxylic acids is 1. The minimum atomic E-state index is -4.03. The number of halogens is 4. The van der Waals surface area contributed by atoms with Crippen LogP contribution in [0.25, 0.3) is 0 Å². The molecule has 292 valence electrons. The number of nitrogens with zero attached hydrogens (tertiary/aromatic N) is 2. The molecule has 1 saturated heterocycles. The van der Waals surface area contributed by atoms with E-state index in [1.54, 1.807) is 31.2 Å². The molecule has 8 atom stereocenters. The molecule has 2 fully saturated rings. The number of rotatable bonds is 4. The molecule has 3 aliphatic carbocycles. The first-order valence-corrected chi connectivity index (χ1v) is 21.3. The zero-order valence-electron chi connectivity index (χ0n) is 31.0. The molecule has 8 rings (SSSR count). The fourth-order valence-corrected chi connectivity index (χ4v) is 10.8. The molecule has 0 aromatic heterocycles. The van der Waals surface area contributed by atoms with E-state index in [9.17, 15) is 22.0 Å². The van der Waals surface area contributed by atoms with Crippen LogP contribution >= 0.6 is 11.6 Å². The maximum Gasteiger partial charge on any atom is 0.264 e. The van der Waals surface area contributed by atoms with E-state index in [0.29, 0.717) is 76.6 Å². The van der Waals surface area contributed by atoms with Crippen LogP contribution in [0.2, 0.25) is 0 Å². The van der Waals surface area contributed by atoms with Gasteiger partial charge in [0.25, 0.3) is 11.8 Å². The third-order valence-corrected chi connectivity index (χ3v) is 15.4. The minimum absolute atomic E-state index is 0.00675. The van der Waals surface area contributed by atoms with Gasteiger partial charge in [-0.15, -0.1) is 0 Å². The Morgan fingerprint density at radius 2 is 1.87 bits per heavy atom. The van der Waals surface area contributed by atoms with Crippen molar-refractivity contribution in [3.05, 3.63) is 58.4 Å². The summed E-state index contributed by atoms with van der Waals surface area (Å²) in [7, 11) is -4.03. The normalized spacial score (nSPS) is 36.0. The van der Waals surface area contributed by atoms with Crippen molar-refractivity contribution >= 4 is 33.2 Å². The Hall–Kier alpha value is -2.54. The Kier molecular flexibility index (Phi) is 11.1. The van der Waals surface area contributed by atoms with Crippen LogP contribution in [0.15, 0.2) is 52.9 Å². The molecule has 0 spiro atoms. The second-order valence-electron chi connectivity index (χ2n) is 16.6. The first-order chi connectivity index (χ1) is 25.1. The van der Waals surface area contributed by atoms with Crippen molar-refractivity contribution in [2.75, 3.05) is 50.8 Å². The lowest BCUT2D eigenvalue weighted by Gasteiger charge is -2.49. The summed E-state index contributed by atoms with van der Waals surface area (Å²) in [6.07, 6.45) is 9.98. The molecular weight excluding hydrogens is 727 g/mol. The summed E-state index contributed by atoms with van der Waals surface area (Å²) in [4.78, 5) is 17.9. The highest BCUT2D eigenvalue weighted by atomic mass is 35.5. The van der Waals surface area contributed by atoms with Crippen molar-refractivity contribution in [2.24, 2.45) is 35.0 Å². The maximum absolute atomic E-state index is 15.9. The van der Waals surface area contributed by atoms with Gasteiger partial charge in [-0.3, -0.25) is 4.79 Å². The standard InChI is InChI=1S/C40H53ClF3N3O5S/c1-25-26(2)53(49,50)45-38(48)27-8-10-35-34(22-27)47(24-39(3)12-11-33(41)36(42)32(39)6-4-5-18-51-35)23-28-7-9-31(28)37(30-20-29(25)21-30)52-19-17-46-15-13-40(43,44)14-16-46/h8,10-12,20,22,25-26,28-29,31-32,37H,4-7,9,13-19,21,23-24H2,1-3H3,(H,45,48)/t25-,26-,28+,29+,31-,32?,37+,39?/m1/s1. The van der Waals surface area contributed by atoms with Crippen LogP contribution in [0, 0.1) is 35.0 Å². The Morgan fingerprint density at radius 3 is 2.58 bits per heavy atom. The van der Waals surface area contributed by atoms with E-state index in [-0.39, 0.29) is 59.0 Å². The van der Waals surface area contributed by atoms with Gasteiger partial charge in [0.2, 0.25) is 10.0 Å². The number of benzene rings is 1. The number of nitrogens with one attached hydrogen (secondary N) is 1. The van der Waals surface area contributed by atoms with Gasteiger partial charge in [-0.05, 0) is 99.0 Å². The molecule has 13 heteroatoms. The number of piperidine rings is 1. The van der Waals surface area contributed by atoms with Gasteiger partial charge < -0.3 is 19.3 Å². The lowest BCUT2D eigenvalue weighted by Crippen LogP contribution is -2.50. The van der Waals surface area contributed by atoms with Crippen LogP contribution in [-0.4, -0.2) is 82.4 Å². The predicted octanol–water partition coefficient (Wildman–Crippen LogP) is 7.85. The molecule has 1 amide bonds. The van der Waals surface area contributed by atoms with Gasteiger partial charge in [0.05, 0.1) is 35.3 Å². The van der Waals surface area contributed by atoms with Crippen molar-refractivity contribution < 1.29 is 35.9 Å². The number of hydrogen-bond donors (Lipinski definition) is 1. The number of likely N-dealkylation sites (tertiary alicyclic amines) is 1. The van der Waals surface area contributed by atoms with Crippen molar-refractivity contribution in [3.8, 4) is 5.75 Å². The minimum Gasteiger partial charge on any atom is -0.491 e. The van der Waals surface area contributed by atoms with Crippen LogP contribution in [0.3, 0.4) is 0 Å². The average Bonchev–Trinajstić information content (AvgIpc) is 3.10. The number of hydrogen-bond acceptors (Lipinski definition) is 7. The Balaban J connectivity index is 1.24. The largest absolute Gasteiger partial charge is 0.491 e. The Bertz CT molecular complexity index is 1760. The molecule has 1 aromatic rings. The van der Waals surface area contributed by atoms with E-state index < -0.39 is 38.4 Å². The molecule has 7 aliphatic rings. The van der Waals surface area contributed by atoms with Gasteiger partial charge in [0, 0.05) is 62.5 Å². The third kappa shape index (κ3) is 8.07. The molecule has 2 unspecified atom stereocenters. The molecule has 4 aliphatic heterocycles. The first kappa shape index (κ1) is 38.7. The summed E-state index contributed by atoms with van der Waals surface area (Å²) in [5.41, 5.74) is 1.37. The van der Waals surface area contributed by atoms with Gasteiger partial charge >= 0.3 is 0 Å². The second-order valence-corrected chi connectivity index (χ2v) is 19.1. The zero-order valence-corrected chi connectivity index (χ0v) is 32.5. The average molecular weight is 780 g/mol. The number of allylic oxidation sites excluding steroid dienone is 4. The van der Waals surface area contributed by atoms with Gasteiger partial charge in [-0.25, -0.2) is 26.3 Å². The first-order valence-electron chi connectivity index (χ1n) is 19.4. The fourth-order valence-electron chi connectivity index (χ4n) is 9.25. The maximum atomic E-state index is 15.9. The molecule has 4 heterocycles. The molecule has 1 aromatic carbocycles. The van der Waals surface area contributed by atoms with E-state index in [1.165, 1.54) is 0 Å². The molecule has 1 N–H and O–H groups in total. The summed E-state index contributed by atoms with van der Waals surface area (Å²) >= 11 is 6.36. The molecule has 1 saturated carbocycles. The van der Waals surface area contributed by atoms with Crippen LogP contribution in [0.5, 0.6) is 5.75 Å². The highest BCUT2D eigenvalue weighted by Gasteiger charge is 2.47. The lowest BCUT2D eigenvalue weighted by atomic mass is 9.64. The Labute approximate surface area is 317 Å². The summed E-state index contributed by atoms with van der Waals surface area (Å²) in [6.45, 7) is 8.68. The van der Waals surface area contributed by atoms with Crippen LogP contribution in [-0.2, 0) is 14.8 Å². The number of amides is 1. The van der Waals surface area contributed by atoms with Crippen molar-refractivity contribution in [2.45, 2.75) is 89.4 Å². The summed E-state index contributed by atoms with van der Waals surface area (Å²) < 4.78 is 86.2. The van der Waals surface area contributed by atoms with Crippen LogP contribution < -0.4 is 14.4 Å². The van der Waals surface area contributed by atoms with Crippen molar-refractivity contribution in [1.29, 1.82) is 0 Å². The third-order valence-electron chi connectivity index (χ3n) is 13.2. The number of ether oxygens (including phenoxy) is 2. The molecule has 0 radical (unpaired) electrons. The number of alkyl halides is 2. The summed E-state index contributed by atoms with van der Waals surface area (Å²) in [5.74, 6) is -3.35. The van der Waals surface area contributed by atoms with Crippen molar-refractivity contribution in [3.63, 3.8) is 0 Å². The molecule has 53 heavy (non-hydrogen) atoms. The SMILES string of the molecule is C[C@@H]1[C@@H](C)S(=O)(=O)NC(=O)c2ccc3c(c2)N(C[C@@H]2CC[C@H]2[C@@H](OCCN2CCC(F)(F)CC2)C2=C[C@H]1C2)CC1(C)C=CC(Cl)=C(F)C1CCCCO3. The molecular formula is C40H53ClF3N3O5S. The van der Waals surface area contributed by atoms with E-state index in [0.717, 1.165) is 24.8 Å². The monoisotopic (exact) mass is 779 g/mol. The molecule has 8 nitrogen and oxygen atoms in total. The van der Waals surface area contributed by atoms with E-state index in [1.807, 2.05) is 17.9 Å². The number of fused-ring (bicyclic) bond motifs is 5. The van der Waals surface area contributed by atoms with E-state index >= 15 is 4.39 Å². The second kappa shape index (κ2) is 15.2. The van der Waals surface area contributed by atoms with Gasteiger partial charge in [0.15, 0.2) is 0 Å². The summed E-state index contributed by atoms with van der Waals surface area (Å²) in [6, 6.07) is 5.06. The van der Waals surface area contributed by atoms with Gasteiger partial charge in [-0.1, -0.05) is 37.6 Å². The zero-order chi connectivity index (χ0) is 37.7. The molecule has 4 bridgehead atoms. The predicted molar refractivity (Wildman–Crippen MR) is 201 cm³/mol. The van der Waals surface area contributed by atoms with E-state index in [4.69, 9.17) is 21.1 Å². The number of sulfonamides is 1. The van der Waals surface area contributed by atoms with Gasteiger partial charge in [0.1, 0.15) is 11.6 Å². The highest BCUT2D eigenvalue weighted by molar-refractivity contribution is 7.90. The van der Waals surface area contributed by atoms with Crippen LogP contribution in [0.4, 0.5) is 18.9 Å².